The molecule has 0 aliphatic heterocycles. The minimum atomic E-state index is -1.07. The predicted octanol–water partition coefficient (Wildman–Crippen LogP) is 1.57. The second kappa shape index (κ2) is 5.03. The van der Waals surface area contributed by atoms with Crippen LogP contribution in [-0.4, -0.2) is 21.7 Å². The molecule has 0 radical (unpaired) electrons. The van der Waals surface area contributed by atoms with Gasteiger partial charge in [0.05, 0.1) is 11.0 Å². The molecule has 0 bridgehead atoms. The summed E-state index contributed by atoms with van der Waals surface area (Å²) in [4.78, 5) is 23.5. The molecule has 0 saturated carbocycles. The highest BCUT2D eigenvalue weighted by atomic mass is 16.4. The Bertz CT molecular complexity index is 839. The smallest absolute Gasteiger partial charge is 0.322 e. The molecule has 1 aromatic heterocycles. The number of pyridine rings is 1. The highest BCUT2D eigenvalue weighted by Gasteiger charge is 2.16. The van der Waals surface area contributed by atoms with E-state index in [2.05, 4.69) is 0 Å². The topological polar surface area (TPSA) is 85.3 Å². The van der Waals surface area contributed by atoms with Crippen LogP contribution in [0.2, 0.25) is 0 Å². The van der Waals surface area contributed by atoms with E-state index in [4.69, 9.17) is 10.8 Å². The van der Waals surface area contributed by atoms with Crippen molar-refractivity contribution in [2.24, 2.45) is 5.73 Å². The number of nitrogens with two attached hydrogens (primary N) is 1. The van der Waals surface area contributed by atoms with Crippen molar-refractivity contribution in [2.45, 2.75) is 12.6 Å². The third-order valence-corrected chi connectivity index (χ3v) is 3.58. The van der Waals surface area contributed by atoms with Gasteiger partial charge in [-0.2, -0.15) is 0 Å². The summed E-state index contributed by atoms with van der Waals surface area (Å²) >= 11 is 0. The Kier molecular flexibility index (Phi) is 3.19. The number of fused-ring (bicyclic) bond motifs is 2. The number of carbonyl (C=O) groups is 1. The lowest BCUT2D eigenvalue weighted by Gasteiger charge is -2.17. The van der Waals surface area contributed by atoms with Crippen molar-refractivity contribution in [3.8, 4) is 0 Å². The van der Waals surface area contributed by atoms with Crippen LogP contribution in [0.25, 0.3) is 21.8 Å². The summed E-state index contributed by atoms with van der Waals surface area (Å²) in [6.07, 6.45) is 0. The first kappa shape index (κ1) is 13.3. The number of carboxylic acid groups (broad SMARTS) is 1. The lowest BCUT2D eigenvalue weighted by Crippen LogP contribution is -2.35. The number of benzene rings is 2. The van der Waals surface area contributed by atoms with Gasteiger partial charge in [0.25, 0.3) is 0 Å². The first-order valence-electron chi connectivity index (χ1n) is 6.58. The lowest BCUT2D eigenvalue weighted by molar-refractivity contribution is -0.138. The van der Waals surface area contributed by atoms with E-state index in [0.29, 0.717) is 21.8 Å². The number of aromatic nitrogens is 1. The zero-order chi connectivity index (χ0) is 15.0. The molecule has 2 aromatic carbocycles. The number of rotatable bonds is 3. The average molecular weight is 282 g/mol. The molecule has 1 unspecified atom stereocenters. The maximum absolute atomic E-state index is 12.5. The zero-order valence-electron chi connectivity index (χ0n) is 11.2. The maximum atomic E-state index is 12.5. The molecule has 0 fully saturated rings. The molecule has 0 aliphatic carbocycles. The van der Waals surface area contributed by atoms with E-state index in [9.17, 15) is 9.59 Å². The van der Waals surface area contributed by atoms with E-state index in [1.807, 2.05) is 12.1 Å². The van der Waals surface area contributed by atoms with Gasteiger partial charge in [-0.1, -0.05) is 24.3 Å². The van der Waals surface area contributed by atoms with Crippen molar-refractivity contribution in [3.63, 3.8) is 0 Å². The van der Waals surface area contributed by atoms with Gasteiger partial charge in [0.1, 0.15) is 6.04 Å². The fourth-order valence-electron chi connectivity index (χ4n) is 2.55. The first-order valence-corrected chi connectivity index (χ1v) is 6.58. The van der Waals surface area contributed by atoms with Gasteiger partial charge in [-0.3, -0.25) is 9.59 Å². The van der Waals surface area contributed by atoms with Crippen LogP contribution in [0.15, 0.2) is 53.3 Å². The third-order valence-electron chi connectivity index (χ3n) is 3.58. The van der Waals surface area contributed by atoms with E-state index >= 15 is 0 Å². The van der Waals surface area contributed by atoms with Crippen LogP contribution in [0, 0.1) is 0 Å². The van der Waals surface area contributed by atoms with E-state index < -0.39 is 12.0 Å². The van der Waals surface area contributed by atoms with Crippen LogP contribution in [-0.2, 0) is 11.3 Å². The SMILES string of the molecule is NC(Cn1c2ccccc2c(=O)c2ccccc21)C(=O)O. The van der Waals surface area contributed by atoms with Crippen molar-refractivity contribution in [2.75, 3.05) is 0 Å². The fourth-order valence-corrected chi connectivity index (χ4v) is 2.55. The fraction of sp³-hybridized carbons (Fsp3) is 0.125. The van der Waals surface area contributed by atoms with Crippen molar-refractivity contribution in [1.29, 1.82) is 0 Å². The Morgan fingerprint density at radius 3 is 2.00 bits per heavy atom. The molecule has 0 amide bonds. The first-order chi connectivity index (χ1) is 10.1. The highest BCUT2D eigenvalue weighted by Crippen LogP contribution is 2.19. The molecule has 1 heterocycles. The van der Waals surface area contributed by atoms with Gasteiger partial charge in [-0.25, -0.2) is 0 Å². The quantitative estimate of drug-likeness (QED) is 0.714. The monoisotopic (exact) mass is 282 g/mol. The maximum Gasteiger partial charge on any atom is 0.322 e. The van der Waals surface area contributed by atoms with Gasteiger partial charge in [0, 0.05) is 17.3 Å². The molecule has 0 saturated heterocycles. The zero-order valence-corrected chi connectivity index (χ0v) is 11.2. The largest absolute Gasteiger partial charge is 0.480 e. The van der Waals surface area contributed by atoms with E-state index in [0.717, 1.165) is 0 Å². The summed E-state index contributed by atoms with van der Waals surface area (Å²) < 4.78 is 1.80. The Morgan fingerprint density at radius 2 is 1.52 bits per heavy atom. The number of hydrogen-bond donors (Lipinski definition) is 2. The highest BCUT2D eigenvalue weighted by molar-refractivity contribution is 5.93. The number of hydrogen-bond acceptors (Lipinski definition) is 3. The van der Waals surface area contributed by atoms with Crippen molar-refractivity contribution >= 4 is 27.8 Å². The van der Waals surface area contributed by atoms with Crippen molar-refractivity contribution in [1.82, 2.24) is 4.57 Å². The molecule has 1 atom stereocenters. The second-order valence-electron chi connectivity index (χ2n) is 4.92. The van der Waals surface area contributed by atoms with Crippen LogP contribution in [0.3, 0.4) is 0 Å². The molecule has 21 heavy (non-hydrogen) atoms. The van der Waals surface area contributed by atoms with Crippen LogP contribution in [0.4, 0.5) is 0 Å². The third kappa shape index (κ3) is 2.17. The van der Waals surface area contributed by atoms with Crippen molar-refractivity contribution in [3.05, 3.63) is 58.8 Å². The average Bonchev–Trinajstić information content (AvgIpc) is 2.51. The van der Waals surface area contributed by atoms with Gasteiger partial charge in [-0.05, 0) is 24.3 Å². The number of aliphatic carboxylic acids is 1. The minimum absolute atomic E-state index is 0.0543. The Labute approximate surface area is 120 Å². The Hall–Kier alpha value is -2.66. The van der Waals surface area contributed by atoms with Crippen LogP contribution in [0.1, 0.15) is 0 Å². The van der Waals surface area contributed by atoms with Crippen LogP contribution < -0.4 is 11.2 Å². The molecule has 106 valence electrons. The van der Waals surface area contributed by atoms with Gasteiger partial charge in [-0.15, -0.1) is 0 Å². The summed E-state index contributed by atoms with van der Waals surface area (Å²) in [6.45, 7) is 0.108. The molecule has 5 heteroatoms. The van der Waals surface area contributed by atoms with Gasteiger partial charge >= 0.3 is 5.97 Å². The lowest BCUT2D eigenvalue weighted by atomic mass is 10.1. The normalized spacial score (nSPS) is 12.6. The Morgan fingerprint density at radius 1 is 1.05 bits per heavy atom. The summed E-state index contributed by atoms with van der Waals surface area (Å²) in [7, 11) is 0. The Balaban J connectivity index is 2.40. The van der Waals surface area contributed by atoms with Crippen molar-refractivity contribution < 1.29 is 9.90 Å². The van der Waals surface area contributed by atoms with E-state index in [1.165, 1.54) is 0 Å². The number of nitrogens with zero attached hydrogens (tertiary/aromatic N) is 1. The summed E-state index contributed by atoms with van der Waals surface area (Å²) in [5.41, 5.74) is 7.00. The molecular weight excluding hydrogens is 268 g/mol. The van der Waals surface area contributed by atoms with Gasteiger partial charge in [0.2, 0.25) is 0 Å². The van der Waals surface area contributed by atoms with Crippen LogP contribution >= 0.6 is 0 Å². The summed E-state index contributed by atoms with van der Waals surface area (Å²) in [6, 6.07) is 13.3. The molecular formula is C16H14N2O3. The molecule has 3 rings (SSSR count). The van der Waals surface area contributed by atoms with E-state index in [1.54, 1.807) is 41.0 Å². The second-order valence-corrected chi connectivity index (χ2v) is 4.92. The predicted molar refractivity (Wildman–Crippen MR) is 81.3 cm³/mol. The molecule has 0 aliphatic rings. The molecule has 3 aromatic rings. The van der Waals surface area contributed by atoms with E-state index in [-0.39, 0.29) is 12.0 Å². The van der Waals surface area contributed by atoms with Gasteiger partial charge in [0.15, 0.2) is 5.43 Å². The molecule has 3 N–H and O–H groups in total. The number of carboxylic acids is 1. The minimum Gasteiger partial charge on any atom is -0.480 e. The van der Waals surface area contributed by atoms with Gasteiger partial charge < -0.3 is 15.4 Å². The molecule has 5 nitrogen and oxygen atoms in total. The standard InChI is InChI=1S/C16H14N2O3/c17-12(16(20)21)9-18-13-7-3-1-5-10(13)15(19)11-6-2-4-8-14(11)18/h1-8,12H,9,17H2,(H,20,21). The number of para-hydroxylation sites is 2. The molecule has 0 spiro atoms. The summed E-state index contributed by atoms with van der Waals surface area (Å²) in [5.74, 6) is -1.07. The summed E-state index contributed by atoms with van der Waals surface area (Å²) in [5, 5.41) is 10.2. The van der Waals surface area contributed by atoms with Crippen LogP contribution in [0.5, 0.6) is 0 Å².